The van der Waals surface area contributed by atoms with Gasteiger partial charge in [0.15, 0.2) is 9.84 Å². The van der Waals surface area contributed by atoms with E-state index in [1.54, 1.807) is 18.2 Å². The van der Waals surface area contributed by atoms with E-state index in [9.17, 15) is 8.42 Å². The topological polar surface area (TPSA) is 81.2 Å². The zero-order valence-corrected chi connectivity index (χ0v) is 13.6. The Bertz CT molecular complexity index is 818. The maximum absolute atomic E-state index is 11.8. The lowest BCUT2D eigenvalue weighted by atomic mass is 9.99. The first-order chi connectivity index (χ1) is 10.3. The molecule has 1 unspecified atom stereocenters. The first-order valence-electron chi connectivity index (χ1n) is 7.13. The molecule has 1 atom stereocenters. The fraction of sp³-hybridized carbons (Fsp3) is 0.467. The summed E-state index contributed by atoms with van der Waals surface area (Å²) in [5, 5.41) is 4.08. The minimum atomic E-state index is -3.27. The van der Waals surface area contributed by atoms with Crippen molar-refractivity contribution in [3.8, 4) is 0 Å². The second kappa shape index (κ2) is 5.17. The van der Waals surface area contributed by atoms with Crippen LogP contribution >= 0.6 is 0 Å². The molecule has 2 aromatic rings. The van der Waals surface area contributed by atoms with Crippen molar-refractivity contribution in [2.24, 2.45) is 0 Å². The third-order valence-electron chi connectivity index (χ3n) is 4.07. The molecular formula is C15H19N3O3S. The van der Waals surface area contributed by atoms with Crippen LogP contribution < -0.4 is 5.32 Å². The number of ether oxygens (including phenoxy) is 1. The van der Waals surface area contributed by atoms with Gasteiger partial charge >= 0.3 is 0 Å². The Balaban J connectivity index is 2.06. The van der Waals surface area contributed by atoms with Crippen molar-refractivity contribution in [2.75, 3.05) is 18.2 Å². The van der Waals surface area contributed by atoms with Gasteiger partial charge in [0.2, 0.25) is 0 Å². The number of hydrogen-bond acceptors (Lipinski definition) is 6. The highest BCUT2D eigenvalue weighted by Gasteiger charge is 2.36. The first-order valence-corrected chi connectivity index (χ1v) is 9.02. The summed E-state index contributed by atoms with van der Waals surface area (Å²) in [6.07, 6.45) is 3.55. The molecule has 6 nitrogen and oxygen atoms in total. The van der Waals surface area contributed by atoms with E-state index in [1.807, 2.05) is 13.8 Å². The highest BCUT2D eigenvalue weighted by Crippen LogP contribution is 2.30. The van der Waals surface area contributed by atoms with Crippen LogP contribution in [-0.4, -0.2) is 42.9 Å². The fourth-order valence-electron chi connectivity index (χ4n) is 2.68. The summed E-state index contributed by atoms with van der Waals surface area (Å²) >= 11 is 0. The predicted octanol–water partition coefficient (Wildman–Crippen LogP) is 2.01. The summed E-state index contributed by atoms with van der Waals surface area (Å²) in [6, 6.07) is 5.01. The maximum atomic E-state index is 11.8. The van der Waals surface area contributed by atoms with E-state index in [4.69, 9.17) is 4.74 Å². The predicted molar refractivity (Wildman–Crippen MR) is 84.7 cm³/mol. The maximum Gasteiger partial charge on any atom is 0.175 e. The molecule has 3 rings (SSSR count). The van der Waals surface area contributed by atoms with Crippen molar-refractivity contribution in [2.45, 2.75) is 36.8 Å². The van der Waals surface area contributed by atoms with Gasteiger partial charge in [0.25, 0.3) is 0 Å². The molecule has 22 heavy (non-hydrogen) atoms. The average molecular weight is 321 g/mol. The molecular weight excluding hydrogens is 302 g/mol. The largest absolute Gasteiger partial charge is 0.373 e. The van der Waals surface area contributed by atoms with Crippen LogP contribution in [0.1, 0.15) is 20.3 Å². The Morgan fingerprint density at radius 1 is 1.32 bits per heavy atom. The Labute approximate surface area is 129 Å². The highest BCUT2D eigenvalue weighted by molar-refractivity contribution is 7.90. The lowest BCUT2D eigenvalue weighted by molar-refractivity contribution is 0.0314. The van der Waals surface area contributed by atoms with Gasteiger partial charge in [-0.1, -0.05) is 0 Å². The SMILES string of the molecule is CC1(C)OCCC1Nc1ncnc2ccc(S(C)(=O)=O)cc12. The number of sulfone groups is 1. The minimum absolute atomic E-state index is 0.118. The molecule has 1 aliphatic heterocycles. The van der Waals surface area contributed by atoms with E-state index in [0.717, 1.165) is 6.42 Å². The monoisotopic (exact) mass is 321 g/mol. The van der Waals surface area contributed by atoms with Crippen molar-refractivity contribution in [1.29, 1.82) is 0 Å². The van der Waals surface area contributed by atoms with Gasteiger partial charge in [0, 0.05) is 18.2 Å². The number of rotatable bonds is 3. The molecule has 1 aromatic heterocycles. The van der Waals surface area contributed by atoms with Crippen LogP contribution in [0.15, 0.2) is 29.4 Å². The molecule has 0 radical (unpaired) electrons. The number of benzene rings is 1. The summed E-state index contributed by atoms with van der Waals surface area (Å²) in [4.78, 5) is 8.75. The number of nitrogens with zero attached hydrogens (tertiary/aromatic N) is 2. The van der Waals surface area contributed by atoms with Crippen LogP contribution in [-0.2, 0) is 14.6 Å². The van der Waals surface area contributed by atoms with Gasteiger partial charge in [-0.15, -0.1) is 0 Å². The van der Waals surface area contributed by atoms with Gasteiger partial charge < -0.3 is 10.1 Å². The zero-order valence-electron chi connectivity index (χ0n) is 12.8. The van der Waals surface area contributed by atoms with Gasteiger partial charge in [-0.2, -0.15) is 0 Å². The van der Waals surface area contributed by atoms with Crippen LogP contribution in [0.3, 0.4) is 0 Å². The van der Waals surface area contributed by atoms with Crippen LogP contribution in [0.25, 0.3) is 10.9 Å². The van der Waals surface area contributed by atoms with Crippen molar-refractivity contribution in [3.05, 3.63) is 24.5 Å². The molecule has 0 bridgehead atoms. The molecule has 1 N–H and O–H groups in total. The fourth-order valence-corrected chi connectivity index (χ4v) is 3.33. The smallest absolute Gasteiger partial charge is 0.175 e. The van der Waals surface area contributed by atoms with E-state index >= 15 is 0 Å². The lowest BCUT2D eigenvalue weighted by Crippen LogP contribution is -2.38. The lowest BCUT2D eigenvalue weighted by Gasteiger charge is -2.27. The Morgan fingerprint density at radius 2 is 2.09 bits per heavy atom. The molecule has 2 heterocycles. The summed E-state index contributed by atoms with van der Waals surface area (Å²) in [5.74, 6) is 0.638. The van der Waals surface area contributed by atoms with Crippen molar-refractivity contribution in [1.82, 2.24) is 9.97 Å². The average Bonchev–Trinajstić information content (AvgIpc) is 2.77. The van der Waals surface area contributed by atoms with E-state index < -0.39 is 9.84 Å². The quantitative estimate of drug-likeness (QED) is 0.931. The number of anilines is 1. The zero-order chi connectivity index (χ0) is 16.0. The second-order valence-electron chi connectivity index (χ2n) is 6.11. The highest BCUT2D eigenvalue weighted by atomic mass is 32.2. The molecule has 1 aliphatic rings. The van der Waals surface area contributed by atoms with Crippen LogP contribution in [0.2, 0.25) is 0 Å². The molecule has 1 fully saturated rings. The van der Waals surface area contributed by atoms with Crippen molar-refractivity contribution < 1.29 is 13.2 Å². The molecule has 1 saturated heterocycles. The van der Waals surface area contributed by atoms with Gasteiger partial charge in [-0.25, -0.2) is 18.4 Å². The molecule has 0 aliphatic carbocycles. The van der Waals surface area contributed by atoms with Gasteiger partial charge in [-0.3, -0.25) is 0 Å². The number of nitrogens with one attached hydrogen (secondary N) is 1. The van der Waals surface area contributed by atoms with E-state index in [-0.39, 0.29) is 16.5 Å². The van der Waals surface area contributed by atoms with Crippen molar-refractivity contribution in [3.63, 3.8) is 0 Å². The molecule has 7 heteroatoms. The van der Waals surface area contributed by atoms with Gasteiger partial charge in [-0.05, 0) is 38.5 Å². The van der Waals surface area contributed by atoms with Crippen molar-refractivity contribution >= 4 is 26.6 Å². The minimum Gasteiger partial charge on any atom is -0.373 e. The Hall–Kier alpha value is -1.73. The van der Waals surface area contributed by atoms with Crippen LogP contribution in [0.4, 0.5) is 5.82 Å². The van der Waals surface area contributed by atoms with Crippen LogP contribution in [0, 0.1) is 0 Å². The van der Waals surface area contributed by atoms with Crippen LogP contribution in [0.5, 0.6) is 0 Å². The van der Waals surface area contributed by atoms with E-state index in [1.165, 1.54) is 12.6 Å². The summed E-state index contributed by atoms with van der Waals surface area (Å²) in [6.45, 7) is 4.76. The normalized spacial score (nSPS) is 21.1. The molecule has 0 spiro atoms. The molecule has 118 valence electrons. The number of hydrogen-bond donors (Lipinski definition) is 1. The van der Waals surface area contributed by atoms with Gasteiger partial charge in [0.1, 0.15) is 12.1 Å². The third kappa shape index (κ3) is 2.78. The number of fused-ring (bicyclic) bond motifs is 1. The Morgan fingerprint density at radius 3 is 2.73 bits per heavy atom. The summed E-state index contributed by atoms with van der Waals surface area (Å²) < 4.78 is 29.2. The standard InChI is InChI=1S/C15H19N3O3S/c1-15(2)13(6-7-21-15)18-14-11-8-10(22(3,19)20)4-5-12(11)16-9-17-14/h4-5,8-9,13H,6-7H2,1-3H3,(H,16,17,18). The first kappa shape index (κ1) is 15.2. The van der Waals surface area contributed by atoms with Gasteiger partial charge in [0.05, 0.1) is 22.1 Å². The van der Waals surface area contributed by atoms with E-state index in [2.05, 4.69) is 15.3 Å². The molecule has 0 amide bonds. The molecule has 1 aromatic carbocycles. The third-order valence-corrected chi connectivity index (χ3v) is 5.18. The van der Waals surface area contributed by atoms with E-state index in [0.29, 0.717) is 23.3 Å². The number of aromatic nitrogens is 2. The molecule has 0 saturated carbocycles. The summed E-state index contributed by atoms with van der Waals surface area (Å²) in [5.41, 5.74) is 0.424. The summed E-state index contributed by atoms with van der Waals surface area (Å²) in [7, 11) is -3.27. The Kier molecular flexibility index (Phi) is 3.57. The second-order valence-corrected chi connectivity index (χ2v) is 8.13.